The molecule has 0 saturated heterocycles. The first-order valence-corrected chi connectivity index (χ1v) is 9.12. The molecule has 0 unspecified atom stereocenters. The second-order valence-electron chi connectivity index (χ2n) is 4.29. The van der Waals surface area contributed by atoms with Crippen molar-refractivity contribution in [1.29, 1.82) is 0 Å². The second-order valence-corrected chi connectivity index (χ2v) is 7.66. The number of thiophene rings is 1. The average molecular weight is 359 g/mol. The molecule has 0 aliphatic heterocycles. The van der Waals surface area contributed by atoms with Crippen molar-refractivity contribution in [3.05, 3.63) is 45.6 Å². The van der Waals surface area contributed by atoms with Gasteiger partial charge in [0.1, 0.15) is 5.75 Å². The normalized spacial score (nSPS) is 12.2. The second kappa shape index (κ2) is 7.13. The standard InChI is InChI=1S/C14H15ClN2O3S2/c1-3-12(13-8-9-14(15)21-13)16-17-22(18,19)11-6-4-10(20-2)5-7-11/h4-9,17H,3H2,1-2H3/b16-12-. The maximum Gasteiger partial charge on any atom is 0.276 e. The summed E-state index contributed by atoms with van der Waals surface area (Å²) < 4.78 is 30.1. The lowest BCUT2D eigenvalue weighted by molar-refractivity contribution is 0.414. The number of nitrogens with zero attached hydrogens (tertiary/aromatic N) is 1. The minimum atomic E-state index is -3.71. The summed E-state index contributed by atoms with van der Waals surface area (Å²) in [5.74, 6) is 0.588. The zero-order valence-corrected chi connectivity index (χ0v) is 14.4. The van der Waals surface area contributed by atoms with Gasteiger partial charge in [0, 0.05) is 0 Å². The fourth-order valence-electron chi connectivity index (χ4n) is 1.70. The smallest absolute Gasteiger partial charge is 0.276 e. The van der Waals surface area contributed by atoms with Crippen LogP contribution in [0.4, 0.5) is 0 Å². The van der Waals surface area contributed by atoms with Gasteiger partial charge in [0.25, 0.3) is 10.0 Å². The van der Waals surface area contributed by atoms with Gasteiger partial charge in [-0.3, -0.25) is 0 Å². The summed E-state index contributed by atoms with van der Waals surface area (Å²) in [5, 5.41) is 4.02. The van der Waals surface area contributed by atoms with E-state index in [1.54, 1.807) is 18.2 Å². The summed E-state index contributed by atoms with van der Waals surface area (Å²) in [7, 11) is -2.19. The Morgan fingerprint density at radius 1 is 1.27 bits per heavy atom. The Morgan fingerprint density at radius 2 is 1.95 bits per heavy atom. The van der Waals surface area contributed by atoms with Gasteiger partial charge in [0.2, 0.25) is 0 Å². The van der Waals surface area contributed by atoms with Crippen LogP contribution in [0.1, 0.15) is 18.2 Å². The quantitative estimate of drug-likeness (QED) is 0.634. The first kappa shape index (κ1) is 16.8. The zero-order valence-electron chi connectivity index (χ0n) is 12.0. The number of hydrogen-bond donors (Lipinski definition) is 1. The highest BCUT2D eigenvalue weighted by Crippen LogP contribution is 2.23. The van der Waals surface area contributed by atoms with Crippen molar-refractivity contribution in [1.82, 2.24) is 4.83 Å². The molecule has 8 heteroatoms. The van der Waals surface area contributed by atoms with Crippen LogP contribution >= 0.6 is 22.9 Å². The highest BCUT2D eigenvalue weighted by Gasteiger charge is 2.14. The van der Waals surface area contributed by atoms with Crippen LogP contribution in [0.3, 0.4) is 0 Å². The minimum Gasteiger partial charge on any atom is -0.497 e. The lowest BCUT2D eigenvalue weighted by Gasteiger charge is -2.06. The molecule has 1 aromatic carbocycles. The predicted molar refractivity (Wildman–Crippen MR) is 89.5 cm³/mol. The Bertz CT molecular complexity index is 768. The molecule has 0 aliphatic rings. The van der Waals surface area contributed by atoms with E-state index in [1.165, 1.54) is 30.6 Å². The third-order valence-corrected chi connectivity index (χ3v) is 5.37. The summed E-state index contributed by atoms with van der Waals surface area (Å²) >= 11 is 7.24. The largest absolute Gasteiger partial charge is 0.497 e. The number of benzene rings is 1. The summed E-state index contributed by atoms with van der Waals surface area (Å²) in [5.41, 5.74) is 0.633. The van der Waals surface area contributed by atoms with E-state index in [4.69, 9.17) is 16.3 Å². The van der Waals surface area contributed by atoms with E-state index in [1.807, 2.05) is 13.0 Å². The first-order chi connectivity index (χ1) is 10.5. The van der Waals surface area contributed by atoms with Gasteiger partial charge in [-0.25, -0.2) is 0 Å². The Labute approximate surface area is 138 Å². The lowest BCUT2D eigenvalue weighted by atomic mass is 10.2. The van der Waals surface area contributed by atoms with Crippen molar-refractivity contribution in [3.8, 4) is 5.75 Å². The van der Waals surface area contributed by atoms with E-state index in [2.05, 4.69) is 9.93 Å². The van der Waals surface area contributed by atoms with Crippen molar-refractivity contribution in [2.24, 2.45) is 5.10 Å². The monoisotopic (exact) mass is 358 g/mol. The number of hydrogen-bond acceptors (Lipinski definition) is 5. The zero-order chi connectivity index (χ0) is 16.2. The predicted octanol–water partition coefficient (Wildman–Crippen LogP) is 3.50. The summed E-state index contributed by atoms with van der Waals surface area (Å²) in [4.78, 5) is 3.21. The Hall–Kier alpha value is -1.57. The van der Waals surface area contributed by atoms with Crippen molar-refractivity contribution in [2.45, 2.75) is 18.2 Å². The fraction of sp³-hybridized carbons (Fsp3) is 0.214. The van der Waals surface area contributed by atoms with Crippen molar-refractivity contribution < 1.29 is 13.2 Å². The van der Waals surface area contributed by atoms with E-state index in [9.17, 15) is 8.42 Å². The number of nitrogens with one attached hydrogen (secondary N) is 1. The Balaban J connectivity index is 2.21. The lowest BCUT2D eigenvalue weighted by Crippen LogP contribution is -2.20. The molecule has 0 bridgehead atoms. The maximum atomic E-state index is 12.2. The molecule has 0 aliphatic carbocycles. The van der Waals surface area contributed by atoms with Gasteiger partial charge in [-0.15, -0.1) is 11.3 Å². The average Bonchev–Trinajstić information content (AvgIpc) is 2.94. The van der Waals surface area contributed by atoms with Gasteiger partial charge in [-0.1, -0.05) is 18.5 Å². The van der Waals surface area contributed by atoms with E-state index >= 15 is 0 Å². The molecule has 118 valence electrons. The van der Waals surface area contributed by atoms with Gasteiger partial charge in [0.05, 0.1) is 26.9 Å². The van der Waals surface area contributed by atoms with Crippen molar-refractivity contribution >= 4 is 38.7 Å². The number of hydrazone groups is 1. The third kappa shape index (κ3) is 4.00. The topological polar surface area (TPSA) is 67.8 Å². The SMILES string of the molecule is CC/C(=N/NS(=O)(=O)c1ccc(OC)cc1)c1ccc(Cl)s1. The van der Waals surface area contributed by atoms with Crippen LogP contribution in [0.2, 0.25) is 4.34 Å². The van der Waals surface area contributed by atoms with Gasteiger partial charge >= 0.3 is 0 Å². The molecule has 0 amide bonds. The van der Waals surface area contributed by atoms with Crippen LogP contribution in [0.5, 0.6) is 5.75 Å². The molecule has 22 heavy (non-hydrogen) atoms. The fourth-order valence-corrected chi connectivity index (χ4v) is 3.63. The van der Waals surface area contributed by atoms with E-state index in [-0.39, 0.29) is 4.90 Å². The number of sulfonamides is 1. The molecular weight excluding hydrogens is 344 g/mol. The van der Waals surface area contributed by atoms with Crippen LogP contribution in [0, 0.1) is 0 Å². The molecule has 0 radical (unpaired) electrons. The molecule has 1 heterocycles. The molecule has 0 atom stereocenters. The Kier molecular flexibility index (Phi) is 5.44. The third-order valence-electron chi connectivity index (χ3n) is 2.86. The van der Waals surface area contributed by atoms with Crippen LogP contribution in [-0.4, -0.2) is 21.2 Å². The number of ether oxygens (including phenoxy) is 1. The molecule has 0 spiro atoms. The molecule has 0 fully saturated rings. The highest BCUT2D eigenvalue weighted by molar-refractivity contribution is 7.89. The molecule has 1 aromatic heterocycles. The molecule has 0 saturated carbocycles. The van der Waals surface area contributed by atoms with Gasteiger partial charge in [-0.05, 0) is 42.8 Å². The van der Waals surface area contributed by atoms with Crippen LogP contribution in [-0.2, 0) is 10.0 Å². The molecule has 2 rings (SSSR count). The molecule has 1 N–H and O–H groups in total. The van der Waals surface area contributed by atoms with Crippen molar-refractivity contribution in [2.75, 3.05) is 7.11 Å². The van der Waals surface area contributed by atoms with Gasteiger partial charge in [-0.2, -0.15) is 18.4 Å². The van der Waals surface area contributed by atoms with Crippen molar-refractivity contribution in [3.63, 3.8) is 0 Å². The van der Waals surface area contributed by atoms with Crippen LogP contribution in [0.15, 0.2) is 46.4 Å². The summed E-state index contributed by atoms with van der Waals surface area (Å²) in [6.45, 7) is 1.90. The molecular formula is C14H15ClN2O3S2. The number of rotatable bonds is 6. The van der Waals surface area contributed by atoms with E-state index in [0.717, 1.165) is 4.88 Å². The maximum absolute atomic E-state index is 12.2. The number of methoxy groups -OCH3 is 1. The van der Waals surface area contributed by atoms with Gasteiger partial charge < -0.3 is 4.74 Å². The summed E-state index contributed by atoms with van der Waals surface area (Å²) in [6.07, 6.45) is 0.585. The molecule has 5 nitrogen and oxygen atoms in total. The van der Waals surface area contributed by atoms with Crippen LogP contribution < -0.4 is 9.57 Å². The number of halogens is 1. The van der Waals surface area contributed by atoms with E-state index < -0.39 is 10.0 Å². The molecule has 2 aromatic rings. The summed E-state index contributed by atoms with van der Waals surface area (Å²) in [6, 6.07) is 9.66. The van der Waals surface area contributed by atoms with E-state index in [0.29, 0.717) is 22.2 Å². The highest BCUT2D eigenvalue weighted by atomic mass is 35.5. The Morgan fingerprint density at radius 3 is 2.45 bits per heavy atom. The van der Waals surface area contributed by atoms with Gasteiger partial charge in [0.15, 0.2) is 0 Å². The first-order valence-electron chi connectivity index (χ1n) is 6.44. The van der Waals surface area contributed by atoms with Crippen LogP contribution in [0.25, 0.3) is 0 Å². The minimum absolute atomic E-state index is 0.122.